The number of aromatic carboxylic acids is 2. The zero-order valence-corrected chi connectivity index (χ0v) is 41.4. The summed E-state index contributed by atoms with van der Waals surface area (Å²) < 4.78 is 68.7. The van der Waals surface area contributed by atoms with E-state index in [0.29, 0.717) is 0 Å². The van der Waals surface area contributed by atoms with E-state index >= 15 is 0 Å². The summed E-state index contributed by atoms with van der Waals surface area (Å²) in [5, 5.41) is 68.2. The molecule has 0 spiro atoms. The van der Waals surface area contributed by atoms with Gasteiger partial charge in [0.05, 0.1) is 34.7 Å². The average Bonchev–Trinajstić information content (AvgIpc) is 3.13. The molecule has 25 heteroatoms. The number of carboxylic acid groups (broad SMARTS) is 2. The molecular weight excluding hydrogens is 869 g/mol. The number of azo groups is 2. The van der Waals surface area contributed by atoms with Gasteiger partial charge in [-0.05, 0) is 93.3 Å². The van der Waals surface area contributed by atoms with E-state index in [-0.39, 0.29) is 174 Å². The second-order valence-electron chi connectivity index (χ2n) is 11.6. The number of fused-ring (bicyclic) bond motifs is 2. The smallest absolute Gasteiger partial charge is 0.871 e. The third kappa shape index (κ3) is 12.4. The van der Waals surface area contributed by atoms with Crippen molar-refractivity contribution in [3.8, 4) is 11.5 Å². The Morgan fingerprint density at radius 2 is 0.833 bits per heavy atom. The zero-order valence-electron chi connectivity index (χ0n) is 31.7. The van der Waals surface area contributed by atoms with Gasteiger partial charge in [0, 0.05) is 11.4 Å². The fourth-order valence-electron chi connectivity index (χ4n) is 5.25. The van der Waals surface area contributed by atoms with Crippen LogP contribution < -0.4 is 149 Å². The SMILES string of the molecule is O=C(Nc1ccc2c([O-])c(N=Nc3ccc(C(=O)[O-])cc3)c(S(=O)(=O)O)cc2c1)Nc1ccc2c([O-])c(N=Nc3ccc(C(=O)[O-])cc3)c(S(=O)(=O)O)cc2c1.[Na+].[Na+].[Na+].[Na+]. The van der Waals surface area contributed by atoms with Crippen molar-refractivity contribution in [3.05, 3.63) is 108 Å². The average molecular weight is 889 g/mol. The number of carbonyl (C=O) groups is 3. The standard InChI is InChI=1S/C35H24N6O13S2.4Na/c42-31-25-11-9-23(13-19(25)15-27(55(49,50)51)29(31)40-38-21-5-1-17(2-6-21)33(44)45)36-35(48)37-24-10-12-26-20(14-24)16-28(56(52,53)54)30(32(26)43)41-39-22-7-3-18(4-8-22)34(46)47;;;;/h1-16,42-43H,(H,44,45)(H,46,47)(H2,36,37,48)(H,49,50,51)(H,52,53,54);;;;/q;4*+1/p-4. The van der Waals surface area contributed by atoms with Gasteiger partial charge in [-0.2, -0.15) is 27.1 Å². The summed E-state index contributed by atoms with van der Waals surface area (Å²) in [5.74, 6) is -4.79. The van der Waals surface area contributed by atoms with Crippen molar-refractivity contribution in [2.24, 2.45) is 20.5 Å². The molecule has 0 saturated heterocycles. The van der Waals surface area contributed by atoms with Crippen LogP contribution in [-0.2, 0) is 20.2 Å². The molecule has 0 aliphatic carbocycles. The first-order valence-electron chi connectivity index (χ1n) is 15.4. The van der Waals surface area contributed by atoms with E-state index < -0.39 is 70.9 Å². The van der Waals surface area contributed by atoms with Crippen LogP contribution in [0.5, 0.6) is 11.5 Å². The summed E-state index contributed by atoms with van der Waals surface area (Å²) in [6.07, 6.45) is 0. The van der Waals surface area contributed by atoms with Crippen LogP contribution in [0.2, 0.25) is 0 Å². The first-order valence-corrected chi connectivity index (χ1v) is 18.3. The predicted octanol–water partition coefficient (Wildman–Crippen LogP) is -8.15. The first-order chi connectivity index (χ1) is 26.4. The van der Waals surface area contributed by atoms with Crippen LogP contribution in [0.25, 0.3) is 21.5 Å². The molecule has 0 heterocycles. The van der Waals surface area contributed by atoms with Gasteiger partial charge in [-0.1, -0.05) is 47.9 Å². The Balaban J connectivity index is 0.00000310. The zero-order chi connectivity index (χ0) is 40.5. The molecule has 0 aromatic heterocycles. The third-order valence-electron chi connectivity index (χ3n) is 7.87. The van der Waals surface area contributed by atoms with Gasteiger partial charge in [-0.15, -0.1) is 10.2 Å². The van der Waals surface area contributed by atoms with Crippen molar-refractivity contribution >= 4 is 93.9 Å². The molecule has 0 radical (unpaired) electrons. The molecule has 0 atom stereocenters. The maximum Gasteiger partial charge on any atom is 1.00 e. The molecule has 6 aromatic carbocycles. The second kappa shape index (κ2) is 21.6. The Hall–Kier alpha value is -3.33. The van der Waals surface area contributed by atoms with Crippen LogP contribution in [0, 0.1) is 0 Å². The summed E-state index contributed by atoms with van der Waals surface area (Å²) in [7, 11) is -10.1. The number of carbonyl (C=O) groups excluding carboxylic acids is 3. The van der Waals surface area contributed by atoms with E-state index in [0.717, 1.165) is 36.4 Å². The summed E-state index contributed by atoms with van der Waals surface area (Å²) in [6.45, 7) is 0. The number of rotatable bonds is 10. The maximum atomic E-state index is 13.3. The van der Waals surface area contributed by atoms with Gasteiger partial charge in [-0.3, -0.25) is 9.11 Å². The number of benzene rings is 6. The number of urea groups is 1. The minimum Gasteiger partial charge on any atom is -0.871 e. The van der Waals surface area contributed by atoms with Crippen LogP contribution in [0.3, 0.4) is 0 Å². The van der Waals surface area contributed by atoms with Gasteiger partial charge in [0.2, 0.25) is 0 Å². The molecule has 0 fully saturated rings. The fourth-order valence-corrected chi connectivity index (χ4v) is 6.56. The fraction of sp³-hybridized carbons (Fsp3) is 0. The molecular formula is C35H20N6Na4O13S2. The second-order valence-corrected chi connectivity index (χ2v) is 14.4. The molecule has 0 saturated carbocycles. The molecule has 0 aliphatic heterocycles. The van der Waals surface area contributed by atoms with E-state index in [1.54, 1.807) is 0 Å². The van der Waals surface area contributed by atoms with E-state index in [4.69, 9.17) is 0 Å². The number of hydrogen-bond acceptors (Lipinski definition) is 15. The molecule has 6 aromatic rings. The third-order valence-corrected chi connectivity index (χ3v) is 9.61. The summed E-state index contributed by atoms with van der Waals surface area (Å²) in [4.78, 5) is 33.1. The molecule has 60 heavy (non-hydrogen) atoms. The van der Waals surface area contributed by atoms with E-state index in [9.17, 15) is 60.8 Å². The normalized spacial score (nSPS) is 11.2. The maximum absolute atomic E-state index is 13.3. The number of carboxylic acids is 2. The number of hydrogen-bond donors (Lipinski definition) is 4. The Labute approximate surface area is 428 Å². The molecule has 284 valence electrons. The van der Waals surface area contributed by atoms with Crippen molar-refractivity contribution < 1.29 is 179 Å². The van der Waals surface area contributed by atoms with Gasteiger partial charge in [-0.25, -0.2) is 4.79 Å². The Morgan fingerprint density at radius 3 is 1.13 bits per heavy atom. The van der Waals surface area contributed by atoms with Crippen LogP contribution in [0.4, 0.5) is 38.9 Å². The monoisotopic (exact) mass is 888 g/mol. The van der Waals surface area contributed by atoms with Crippen molar-refractivity contribution in [1.29, 1.82) is 0 Å². The van der Waals surface area contributed by atoms with Gasteiger partial charge in [0.1, 0.15) is 9.79 Å². The minimum atomic E-state index is -5.05. The predicted molar refractivity (Wildman–Crippen MR) is 189 cm³/mol. The molecule has 0 aliphatic rings. The summed E-state index contributed by atoms with van der Waals surface area (Å²) in [5.41, 5.74) is -1.63. The van der Waals surface area contributed by atoms with E-state index in [1.165, 1.54) is 60.7 Å². The van der Waals surface area contributed by atoms with Gasteiger partial charge in [0.15, 0.2) is 0 Å². The summed E-state index contributed by atoms with van der Waals surface area (Å²) >= 11 is 0. The van der Waals surface area contributed by atoms with Crippen LogP contribution in [0.1, 0.15) is 20.7 Å². The number of amides is 2. The van der Waals surface area contributed by atoms with Gasteiger partial charge < -0.3 is 40.6 Å². The van der Waals surface area contributed by atoms with E-state index in [2.05, 4.69) is 31.1 Å². The topological polar surface area (TPSA) is 326 Å². The first kappa shape index (κ1) is 52.8. The van der Waals surface area contributed by atoms with Crippen LogP contribution in [-0.4, -0.2) is 43.9 Å². The van der Waals surface area contributed by atoms with Crippen molar-refractivity contribution in [2.45, 2.75) is 9.79 Å². The molecule has 4 N–H and O–H groups in total. The summed E-state index contributed by atoms with van der Waals surface area (Å²) in [6, 6.07) is 18.0. The van der Waals surface area contributed by atoms with E-state index in [1.807, 2.05) is 0 Å². The van der Waals surface area contributed by atoms with Crippen LogP contribution in [0.15, 0.2) is 127 Å². The largest absolute Gasteiger partial charge is 1.00 e. The minimum absolute atomic E-state index is 0. The Bertz CT molecular complexity index is 2720. The van der Waals surface area contributed by atoms with Gasteiger partial charge in [0.25, 0.3) is 20.2 Å². The molecule has 0 unspecified atom stereocenters. The number of anilines is 2. The van der Waals surface area contributed by atoms with Crippen molar-refractivity contribution in [2.75, 3.05) is 10.6 Å². The van der Waals surface area contributed by atoms with Crippen LogP contribution >= 0.6 is 0 Å². The Morgan fingerprint density at radius 1 is 0.500 bits per heavy atom. The molecule has 6 rings (SSSR count). The number of nitrogens with zero attached hydrogens (tertiary/aromatic N) is 4. The quantitative estimate of drug-likeness (QED) is 0.0565. The van der Waals surface area contributed by atoms with Crippen molar-refractivity contribution in [3.63, 3.8) is 0 Å². The molecule has 19 nitrogen and oxygen atoms in total. The molecule has 2 amide bonds. The number of nitrogens with one attached hydrogen (secondary N) is 2. The van der Waals surface area contributed by atoms with Gasteiger partial charge >= 0.3 is 124 Å². The molecule has 0 bridgehead atoms. The Kier molecular flexibility index (Phi) is 19.1. The van der Waals surface area contributed by atoms with Crippen molar-refractivity contribution in [1.82, 2.24) is 0 Å².